The Balaban J connectivity index is 3.48. The van der Waals surface area contributed by atoms with Crippen molar-refractivity contribution in [2.45, 2.75) is 25.7 Å². The van der Waals surface area contributed by atoms with E-state index in [4.69, 9.17) is 5.11 Å². The van der Waals surface area contributed by atoms with E-state index < -0.39 is 12.4 Å². The van der Waals surface area contributed by atoms with Gasteiger partial charge in [0, 0.05) is 12.8 Å². The highest BCUT2D eigenvalue weighted by Crippen LogP contribution is 2.00. The third kappa shape index (κ3) is 6.99. The second-order valence-corrected chi connectivity index (χ2v) is 2.54. The van der Waals surface area contributed by atoms with Gasteiger partial charge in [0.2, 0.25) is 0 Å². The van der Waals surface area contributed by atoms with Crippen LogP contribution in [0.4, 0.5) is 0 Å². The van der Waals surface area contributed by atoms with Gasteiger partial charge in [-0.25, -0.2) is 0 Å². The normalized spacial score (nSPS) is 9.31. The minimum Gasteiger partial charge on any atom is -0.481 e. The number of rotatable bonds is 6. The number of ketones is 1. The van der Waals surface area contributed by atoms with Crippen molar-refractivity contribution >= 4 is 17.7 Å². The average Bonchev–Trinajstić information content (AvgIpc) is 2.02. The van der Waals surface area contributed by atoms with Gasteiger partial charge in [-0.3, -0.25) is 14.4 Å². The molecule has 74 valence electrons. The summed E-state index contributed by atoms with van der Waals surface area (Å²) in [7, 11) is 1.27. The minimum absolute atomic E-state index is 0.113. The molecule has 0 spiro atoms. The lowest BCUT2D eigenvalue weighted by Gasteiger charge is -1.97. The summed E-state index contributed by atoms with van der Waals surface area (Å²) in [6.07, 6.45) is 0.142. The zero-order chi connectivity index (χ0) is 10.3. The Morgan fingerprint density at radius 2 is 1.85 bits per heavy atom. The van der Waals surface area contributed by atoms with Crippen molar-refractivity contribution in [2.24, 2.45) is 0 Å². The van der Waals surface area contributed by atoms with Gasteiger partial charge in [-0.1, -0.05) is 0 Å². The van der Waals surface area contributed by atoms with E-state index in [-0.39, 0.29) is 24.6 Å². The van der Waals surface area contributed by atoms with Crippen LogP contribution in [0, 0.1) is 0 Å². The molecule has 0 fully saturated rings. The summed E-state index contributed by atoms with van der Waals surface area (Å²) in [5.74, 6) is -1.89. The maximum atomic E-state index is 10.8. The monoisotopic (exact) mass is 188 g/mol. The first-order valence-electron chi connectivity index (χ1n) is 3.86. The molecular weight excluding hydrogens is 176 g/mol. The molecule has 0 heterocycles. The summed E-state index contributed by atoms with van der Waals surface area (Å²) >= 11 is 0. The van der Waals surface area contributed by atoms with Gasteiger partial charge in [0.05, 0.1) is 7.11 Å². The quantitative estimate of drug-likeness (QED) is 0.481. The minimum atomic E-state index is -1.14. The van der Waals surface area contributed by atoms with Crippen LogP contribution in [0.25, 0.3) is 0 Å². The lowest BCUT2D eigenvalue weighted by molar-refractivity contribution is -0.140. The summed E-state index contributed by atoms with van der Waals surface area (Å²) in [5.41, 5.74) is 0. The van der Waals surface area contributed by atoms with Crippen LogP contribution >= 0.6 is 0 Å². The maximum Gasteiger partial charge on any atom is 0.310 e. The molecule has 0 aromatic heterocycles. The second-order valence-electron chi connectivity index (χ2n) is 2.54. The molecule has 13 heavy (non-hydrogen) atoms. The third-order valence-electron chi connectivity index (χ3n) is 1.41. The fourth-order valence-corrected chi connectivity index (χ4v) is 0.789. The lowest BCUT2D eigenvalue weighted by atomic mass is 10.1. The zero-order valence-electron chi connectivity index (χ0n) is 7.41. The Labute approximate surface area is 75.7 Å². The Bertz CT molecular complexity index is 209. The number of hydrogen-bond acceptors (Lipinski definition) is 4. The van der Waals surface area contributed by atoms with E-state index in [0.717, 1.165) is 0 Å². The van der Waals surface area contributed by atoms with E-state index in [1.165, 1.54) is 7.11 Å². The highest BCUT2D eigenvalue weighted by Gasteiger charge is 2.08. The number of methoxy groups -OCH3 is 1. The molecule has 0 aliphatic heterocycles. The molecule has 0 aromatic carbocycles. The van der Waals surface area contributed by atoms with Crippen LogP contribution in [0.3, 0.4) is 0 Å². The zero-order valence-corrected chi connectivity index (χ0v) is 7.41. The highest BCUT2D eigenvalue weighted by atomic mass is 16.5. The lowest BCUT2D eigenvalue weighted by Crippen LogP contribution is -2.07. The van der Waals surface area contributed by atoms with Gasteiger partial charge < -0.3 is 9.84 Å². The highest BCUT2D eigenvalue weighted by molar-refractivity contribution is 5.94. The number of aliphatic carboxylic acids is 1. The van der Waals surface area contributed by atoms with Crippen molar-refractivity contribution in [3.8, 4) is 0 Å². The number of hydrogen-bond donors (Lipinski definition) is 1. The standard InChI is InChI=1S/C8H12O5/c1-13-8(12)4-2-3-6(9)5-7(10)11/h2-5H2,1H3,(H,10,11). The van der Waals surface area contributed by atoms with E-state index >= 15 is 0 Å². The molecule has 0 aliphatic carbocycles. The molecule has 0 saturated heterocycles. The SMILES string of the molecule is COC(=O)CCCC(=O)CC(=O)O. The number of carbonyl (C=O) groups excluding carboxylic acids is 2. The summed E-state index contributed by atoms with van der Waals surface area (Å²) in [6, 6.07) is 0. The van der Waals surface area contributed by atoms with Crippen LogP contribution in [0.15, 0.2) is 0 Å². The molecule has 0 unspecified atom stereocenters. The number of carboxylic acids is 1. The number of Topliss-reactive ketones (excluding diaryl/α,β-unsaturated/α-hetero) is 1. The number of ether oxygens (including phenoxy) is 1. The van der Waals surface area contributed by atoms with E-state index in [1.807, 2.05) is 0 Å². The predicted molar refractivity (Wildman–Crippen MR) is 43.1 cm³/mol. The van der Waals surface area contributed by atoms with Crippen molar-refractivity contribution in [3.05, 3.63) is 0 Å². The van der Waals surface area contributed by atoms with E-state index in [0.29, 0.717) is 6.42 Å². The molecule has 0 amide bonds. The molecule has 0 radical (unpaired) electrons. The molecule has 5 heteroatoms. The van der Waals surface area contributed by atoms with Gasteiger partial charge in [-0.2, -0.15) is 0 Å². The van der Waals surface area contributed by atoms with Crippen LogP contribution < -0.4 is 0 Å². The first-order valence-corrected chi connectivity index (χ1v) is 3.86. The van der Waals surface area contributed by atoms with E-state index in [9.17, 15) is 14.4 Å². The van der Waals surface area contributed by atoms with Crippen LogP contribution in [0.1, 0.15) is 25.7 Å². The van der Waals surface area contributed by atoms with Crippen molar-refractivity contribution in [1.82, 2.24) is 0 Å². The second kappa shape index (κ2) is 6.16. The van der Waals surface area contributed by atoms with Gasteiger partial charge in [-0.05, 0) is 6.42 Å². The fraction of sp³-hybridized carbons (Fsp3) is 0.625. The Kier molecular flexibility index (Phi) is 5.50. The number of carbonyl (C=O) groups is 3. The number of carboxylic acid groups (broad SMARTS) is 1. The Morgan fingerprint density at radius 1 is 1.23 bits per heavy atom. The molecule has 5 nitrogen and oxygen atoms in total. The molecule has 1 N–H and O–H groups in total. The molecule has 0 saturated carbocycles. The first kappa shape index (κ1) is 11.6. The van der Waals surface area contributed by atoms with Crippen molar-refractivity contribution in [1.29, 1.82) is 0 Å². The van der Waals surface area contributed by atoms with Crippen LogP contribution in [0.5, 0.6) is 0 Å². The van der Waals surface area contributed by atoms with Crippen molar-refractivity contribution in [3.63, 3.8) is 0 Å². The van der Waals surface area contributed by atoms with E-state index in [1.54, 1.807) is 0 Å². The third-order valence-corrected chi connectivity index (χ3v) is 1.41. The maximum absolute atomic E-state index is 10.8. The van der Waals surface area contributed by atoms with Crippen molar-refractivity contribution in [2.75, 3.05) is 7.11 Å². The average molecular weight is 188 g/mol. The van der Waals surface area contributed by atoms with Gasteiger partial charge in [0.25, 0.3) is 0 Å². The van der Waals surface area contributed by atoms with Crippen molar-refractivity contribution < 1.29 is 24.2 Å². The molecule has 0 bridgehead atoms. The van der Waals surface area contributed by atoms with Gasteiger partial charge in [0.1, 0.15) is 12.2 Å². The number of esters is 1. The Hall–Kier alpha value is -1.39. The molecule has 0 atom stereocenters. The molecule has 0 aromatic rings. The predicted octanol–water partition coefficient (Wildman–Crippen LogP) is 0.374. The Morgan fingerprint density at radius 3 is 2.31 bits per heavy atom. The summed E-state index contributed by atoms with van der Waals surface area (Å²) in [6.45, 7) is 0. The topological polar surface area (TPSA) is 80.7 Å². The molecular formula is C8H12O5. The summed E-state index contributed by atoms with van der Waals surface area (Å²) < 4.78 is 4.35. The van der Waals surface area contributed by atoms with Crippen LogP contribution in [-0.4, -0.2) is 29.9 Å². The fourth-order valence-electron chi connectivity index (χ4n) is 0.789. The molecule has 0 aliphatic rings. The van der Waals surface area contributed by atoms with Gasteiger partial charge >= 0.3 is 11.9 Å². The summed E-state index contributed by atoms with van der Waals surface area (Å²) in [5, 5.41) is 8.23. The smallest absolute Gasteiger partial charge is 0.310 e. The largest absolute Gasteiger partial charge is 0.481 e. The van der Waals surface area contributed by atoms with Gasteiger partial charge in [0.15, 0.2) is 0 Å². The molecule has 0 rings (SSSR count). The first-order chi connectivity index (χ1) is 6.06. The summed E-state index contributed by atoms with van der Waals surface area (Å²) in [4.78, 5) is 31.4. The van der Waals surface area contributed by atoms with Crippen LogP contribution in [0.2, 0.25) is 0 Å². The van der Waals surface area contributed by atoms with E-state index in [2.05, 4.69) is 4.74 Å². The van der Waals surface area contributed by atoms with Gasteiger partial charge in [-0.15, -0.1) is 0 Å². The van der Waals surface area contributed by atoms with Crippen LogP contribution in [-0.2, 0) is 19.1 Å².